The van der Waals surface area contributed by atoms with Crippen molar-refractivity contribution in [2.75, 3.05) is 11.5 Å². The second-order valence-electron chi connectivity index (χ2n) is 3.72. The van der Waals surface area contributed by atoms with Crippen molar-refractivity contribution in [3.8, 4) is 0 Å². The maximum absolute atomic E-state index is 5.76. The molecule has 1 aromatic heterocycles. The molecule has 1 fully saturated rings. The van der Waals surface area contributed by atoms with Gasteiger partial charge in [0.25, 0.3) is 0 Å². The average Bonchev–Trinajstić information content (AvgIpc) is 2.76. The fourth-order valence-electron chi connectivity index (χ4n) is 1.47. The van der Waals surface area contributed by atoms with Gasteiger partial charge in [0.15, 0.2) is 5.09 Å². The first-order valence-corrected chi connectivity index (χ1v) is 6.52. The van der Waals surface area contributed by atoms with Crippen LogP contribution in [0.2, 0.25) is 0 Å². The van der Waals surface area contributed by atoms with E-state index in [9.17, 15) is 0 Å². The summed E-state index contributed by atoms with van der Waals surface area (Å²) in [6.45, 7) is 2.21. The molecule has 0 spiro atoms. The maximum atomic E-state index is 5.76. The van der Waals surface area contributed by atoms with E-state index in [4.69, 9.17) is 4.42 Å². The van der Waals surface area contributed by atoms with Gasteiger partial charge >= 0.3 is 0 Å². The minimum Gasteiger partial charge on any atom is -0.433 e. The first kappa shape index (κ1) is 8.24. The Morgan fingerprint density at radius 1 is 1.54 bits per heavy atom. The molecule has 2 aliphatic rings. The first-order chi connectivity index (χ1) is 6.28. The topological polar surface area (TPSA) is 26.0 Å². The molecule has 0 aromatic carbocycles. The molecule has 70 valence electrons. The Morgan fingerprint density at radius 3 is 3.08 bits per heavy atom. The predicted octanol–water partition coefficient (Wildman–Crippen LogP) is 2.67. The molecular weight excluding hydrogens is 202 g/mol. The van der Waals surface area contributed by atoms with Crippen molar-refractivity contribution in [3.05, 3.63) is 11.6 Å². The number of rotatable bonds is 1. The highest BCUT2D eigenvalue weighted by atomic mass is 32.2. The van der Waals surface area contributed by atoms with Crippen LogP contribution in [0.3, 0.4) is 0 Å². The summed E-state index contributed by atoms with van der Waals surface area (Å²) in [5.41, 5.74) is 1.19. The van der Waals surface area contributed by atoms with E-state index < -0.39 is 0 Å². The summed E-state index contributed by atoms with van der Waals surface area (Å²) >= 11 is 3.74. The third-order valence-electron chi connectivity index (χ3n) is 2.48. The van der Waals surface area contributed by atoms with E-state index >= 15 is 0 Å². The van der Waals surface area contributed by atoms with Crippen LogP contribution in [0.4, 0.5) is 0 Å². The molecule has 0 radical (unpaired) electrons. The molecule has 0 amide bonds. The minimum atomic E-state index is 0.206. The molecule has 3 heterocycles. The summed E-state index contributed by atoms with van der Waals surface area (Å²) in [4.78, 5) is 4.58. The fourth-order valence-corrected chi connectivity index (χ4v) is 2.95. The number of aryl methyl sites for hydroxylation is 1. The molecular formula is C9H11NOS2. The lowest BCUT2D eigenvalue weighted by atomic mass is 10.2. The Hall–Kier alpha value is -0.0900. The molecule has 1 aromatic rings. The zero-order valence-electron chi connectivity index (χ0n) is 7.50. The quantitative estimate of drug-likeness (QED) is 0.670. The van der Waals surface area contributed by atoms with E-state index in [1.165, 1.54) is 17.9 Å². The minimum absolute atomic E-state index is 0.206. The number of hydrogen-bond donors (Lipinski definition) is 0. The van der Waals surface area contributed by atoms with Gasteiger partial charge in [-0.15, -0.1) is 11.8 Å². The van der Waals surface area contributed by atoms with Gasteiger partial charge < -0.3 is 4.42 Å². The van der Waals surface area contributed by atoms with Crippen LogP contribution in [0.1, 0.15) is 24.9 Å². The number of aromatic nitrogens is 1. The van der Waals surface area contributed by atoms with Crippen molar-refractivity contribution in [1.82, 2.24) is 4.98 Å². The molecule has 0 aliphatic carbocycles. The van der Waals surface area contributed by atoms with Crippen LogP contribution in [-0.2, 0) is 11.2 Å². The third kappa shape index (κ3) is 1.31. The SMILES string of the molecule is CC1(c2nc3c(o2)SCCC3)CS1. The van der Waals surface area contributed by atoms with Crippen LogP contribution < -0.4 is 0 Å². The van der Waals surface area contributed by atoms with Crippen molar-refractivity contribution in [3.63, 3.8) is 0 Å². The lowest BCUT2D eigenvalue weighted by Gasteiger charge is -2.04. The number of hydrogen-bond acceptors (Lipinski definition) is 4. The number of nitrogens with zero attached hydrogens (tertiary/aromatic N) is 1. The van der Waals surface area contributed by atoms with E-state index in [2.05, 4.69) is 11.9 Å². The van der Waals surface area contributed by atoms with Crippen molar-refractivity contribution in [2.24, 2.45) is 0 Å². The monoisotopic (exact) mass is 213 g/mol. The second-order valence-corrected chi connectivity index (χ2v) is 6.27. The molecule has 1 unspecified atom stereocenters. The normalized spacial score (nSPS) is 31.5. The Labute approximate surface area is 85.9 Å². The van der Waals surface area contributed by atoms with Gasteiger partial charge in [-0.25, -0.2) is 4.98 Å². The Kier molecular flexibility index (Phi) is 1.71. The largest absolute Gasteiger partial charge is 0.433 e. The highest BCUT2D eigenvalue weighted by molar-refractivity contribution is 8.07. The zero-order chi connectivity index (χ0) is 8.89. The lowest BCUT2D eigenvalue weighted by Crippen LogP contribution is -2.01. The second kappa shape index (κ2) is 2.70. The van der Waals surface area contributed by atoms with Crippen LogP contribution >= 0.6 is 23.5 Å². The van der Waals surface area contributed by atoms with E-state index in [-0.39, 0.29) is 4.75 Å². The van der Waals surface area contributed by atoms with E-state index in [1.54, 1.807) is 0 Å². The molecule has 2 aliphatic heterocycles. The van der Waals surface area contributed by atoms with Crippen molar-refractivity contribution in [2.45, 2.75) is 29.6 Å². The molecule has 4 heteroatoms. The Bertz CT molecular complexity index is 320. The van der Waals surface area contributed by atoms with Crippen LogP contribution in [-0.4, -0.2) is 16.5 Å². The van der Waals surface area contributed by atoms with Gasteiger partial charge in [-0.2, -0.15) is 0 Å². The summed E-state index contributed by atoms with van der Waals surface area (Å²) in [5, 5.41) is 1.08. The Morgan fingerprint density at radius 2 is 2.38 bits per heavy atom. The van der Waals surface area contributed by atoms with Crippen LogP contribution in [0, 0.1) is 0 Å². The molecule has 0 bridgehead atoms. The third-order valence-corrected chi connectivity index (χ3v) is 4.89. The maximum Gasteiger partial charge on any atom is 0.212 e. The number of thioether (sulfide) groups is 2. The molecule has 0 N–H and O–H groups in total. The Balaban J connectivity index is 2.00. The van der Waals surface area contributed by atoms with Crippen molar-refractivity contribution < 1.29 is 4.42 Å². The molecule has 1 saturated heterocycles. The van der Waals surface area contributed by atoms with Gasteiger partial charge in [0.2, 0.25) is 5.89 Å². The smallest absolute Gasteiger partial charge is 0.212 e. The van der Waals surface area contributed by atoms with Gasteiger partial charge in [0, 0.05) is 11.5 Å². The van der Waals surface area contributed by atoms with Crippen LogP contribution in [0.5, 0.6) is 0 Å². The van der Waals surface area contributed by atoms with Crippen LogP contribution in [0.15, 0.2) is 9.51 Å². The standard InChI is InChI=1S/C9H11NOS2/c1-9(5-13-9)8-10-6-3-2-4-12-7(6)11-8/h2-5H2,1H3. The first-order valence-electron chi connectivity index (χ1n) is 4.55. The summed E-state index contributed by atoms with van der Waals surface area (Å²) in [7, 11) is 0. The van der Waals surface area contributed by atoms with Crippen LogP contribution in [0.25, 0.3) is 0 Å². The zero-order valence-corrected chi connectivity index (χ0v) is 9.13. The van der Waals surface area contributed by atoms with E-state index in [1.807, 2.05) is 23.5 Å². The molecule has 2 nitrogen and oxygen atoms in total. The molecule has 3 rings (SSSR count). The lowest BCUT2D eigenvalue weighted by molar-refractivity contribution is 0.402. The van der Waals surface area contributed by atoms with Gasteiger partial charge in [-0.1, -0.05) is 11.8 Å². The summed E-state index contributed by atoms with van der Waals surface area (Å²) < 4.78 is 5.97. The molecule has 13 heavy (non-hydrogen) atoms. The van der Waals surface area contributed by atoms with E-state index in [0.717, 1.165) is 23.2 Å². The van der Waals surface area contributed by atoms with E-state index in [0.29, 0.717) is 0 Å². The summed E-state index contributed by atoms with van der Waals surface area (Å²) in [6, 6.07) is 0. The number of fused-ring (bicyclic) bond motifs is 1. The van der Waals surface area contributed by atoms with Gasteiger partial charge in [0.1, 0.15) is 0 Å². The predicted molar refractivity (Wildman–Crippen MR) is 55.4 cm³/mol. The summed E-state index contributed by atoms with van der Waals surface area (Å²) in [6.07, 6.45) is 2.35. The van der Waals surface area contributed by atoms with Crippen molar-refractivity contribution in [1.29, 1.82) is 0 Å². The average molecular weight is 213 g/mol. The fraction of sp³-hybridized carbons (Fsp3) is 0.667. The van der Waals surface area contributed by atoms with Crippen molar-refractivity contribution >= 4 is 23.5 Å². The summed E-state index contributed by atoms with van der Waals surface area (Å²) in [5.74, 6) is 3.31. The molecule has 1 atom stereocenters. The molecule has 0 saturated carbocycles. The highest BCUT2D eigenvalue weighted by Gasteiger charge is 2.46. The van der Waals surface area contributed by atoms with Gasteiger partial charge in [-0.05, 0) is 19.8 Å². The highest BCUT2D eigenvalue weighted by Crippen LogP contribution is 2.53. The van der Waals surface area contributed by atoms with Gasteiger partial charge in [0.05, 0.1) is 10.4 Å². The number of oxazole rings is 1. The van der Waals surface area contributed by atoms with Gasteiger partial charge in [-0.3, -0.25) is 0 Å².